The highest BCUT2D eigenvalue weighted by molar-refractivity contribution is 5.38. The van der Waals surface area contributed by atoms with Crippen LogP contribution in [0.15, 0.2) is 24.3 Å². The highest BCUT2D eigenvalue weighted by Crippen LogP contribution is 2.41. The van der Waals surface area contributed by atoms with Gasteiger partial charge >= 0.3 is 0 Å². The quantitative estimate of drug-likeness (QED) is 0.763. The van der Waals surface area contributed by atoms with E-state index < -0.39 is 0 Å². The van der Waals surface area contributed by atoms with Gasteiger partial charge in [-0.1, -0.05) is 44.9 Å². The van der Waals surface area contributed by atoms with Gasteiger partial charge in [-0.15, -0.1) is 0 Å². The molecule has 1 aromatic rings. The van der Waals surface area contributed by atoms with Crippen LogP contribution in [-0.2, 0) is 0 Å². The molecule has 0 radical (unpaired) electrons. The maximum Gasteiger partial charge on any atom is 0.124 e. The van der Waals surface area contributed by atoms with Crippen LogP contribution in [0.5, 0.6) is 5.75 Å². The third kappa shape index (κ3) is 3.50. The molecule has 1 aromatic carbocycles. The second kappa shape index (κ2) is 6.42. The molecule has 0 saturated carbocycles. The molecule has 0 saturated heterocycles. The standard InChI is InChI=1S/C17H27NO/c1-4-6-9-12-17(3)13-15(18-5-2)14-10-7-8-11-16(14)19-17/h7-8,10-11,15,18H,4-6,9,12-13H2,1-3H3. The highest BCUT2D eigenvalue weighted by Gasteiger charge is 2.36. The van der Waals surface area contributed by atoms with Gasteiger partial charge in [0.25, 0.3) is 0 Å². The Morgan fingerprint density at radius 1 is 1.26 bits per heavy atom. The summed E-state index contributed by atoms with van der Waals surface area (Å²) in [6.07, 6.45) is 6.04. The van der Waals surface area contributed by atoms with E-state index in [1.54, 1.807) is 0 Å². The van der Waals surface area contributed by atoms with Crippen molar-refractivity contribution in [1.82, 2.24) is 5.32 Å². The zero-order valence-electron chi connectivity index (χ0n) is 12.5. The van der Waals surface area contributed by atoms with Gasteiger partial charge < -0.3 is 10.1 Å². The lowest BCUT2D eigenvalue weighted by atomic mass is 9.85. The molecule has 1 N–H and O–H groups in total. The normalized spacial score (nSPS) is 25.7. The van der Waals surface area contributed by atoms with Crippen LogP contribution in [-0.4, -0.2) is 12.1 Å². The maximum absolute atomic E-state index is 6.30. The minimum Gasteiger partial charge on any atom is -0.487 e. The van der Waals surface area contributed by atoms with Crippen molar-refractivity contribution in [2.75, 3.05) is 6.54 Å². The summed E-state index contributed by atoms with van der Waals surface area (Å²) >= 11 is 0. The third-order valence-corrected chi connectivity index (χ3v) is 4.05. The van der Waals surface area contributed by atoms with E-state index in [0.29, 0.717) is 6.04 Å². The molecule has 2 unspecified atom stereocenters. The predicted octanol–water partition coefficient (Wildman–Crippen LogP) is 4.46. The van der Waals surface area contributed by atoms with Crippen molar-refractivity contribution in [1.29, 1.82) is 0 Å². The first-order valence-electron chi connectivity index (χ1n) is 7.70. The van der Waals surface area contributed by atoms with Gasteiger partial charge in [-0.3, -0.25) is 0 Å². The first kappa shape index (κ1) is 14.4. The van der Waals surface area contributed by atoms with E-state index in [0.717, 1.165) is 25.1 Å². The van der Waals surface area contributed by atoms with Crippen molar-refractivity contribution < 1.29 is 4.74 Å². The number of unbranched alkanes of at least 4 members (excludes halogenated alkanes) is 2. The van der Waals surface area contributed by atoms with E-state index in [4.69, 9.17) is 4.74 Å². The Balaban J connectivity index is 2.14. The summed E-state index contributed by atoms with van der Waals surface area (Å²) in [5.41, 5.74) is 1.30. The fraction of sp³-hybridized carbons (Fsp3) is 0.647. The Morgan fingerprint density at radius 3 is 2.79 bits per heavy atom. The molecule has 106 valence electrons. The Kier molecular flexibility index (Phi) is 4.87. The van der Waals surface area contributed by atoms with Crippen molar-refractivity contribution in [3.05, 3.63) is 29.8 Å². The number of rotatable bonds is 6. The van der Waals surface area contributed by atoms with E-state index in [-0.39, 0.29) is 5.60 Å². The zero-order chi connectivity index (χ0) is 13.7. The van der Waals surface area contributed by atoms with Crippen LogP contribution in [0.1, 0.15) is 64.5 Å². The van der Waals surface area contributed by atoms with Gasteiger partial charge in [0.1, 0.15) is 11.4 Å². The van der Waals surface area contributed by atoms with Gasteiger partial charge in [-0.25, -0.2) is 0 Å². The average Bonchev–Trinajstić information content (AvgIpc) is 2.39. The van der Waals surface area contributed by atoms with Crippen LogP contribution in [0.3, 0.4) is 0 Å². The molecule has 0 fully saturated rings. The molecule has 0 aromatic heterocycles. The molecular formula is C17H27NO. The van der Waals surface area contributed by atoms with E-state index in [1.165, 1.54) is 24.8 Å². The highest BCUT2D eigenvalue weighted by atomic mass is 16.5. The monoisotopic (exact) mass is 261 g/mol. The number of ether oxygens (including phenoxy) is 1. The Bertz CT molecular complexity index is 404. The summed E-state index contributed by atoms with van der Waals surface area (Å²) in [7, 11) is 0. The average molecular weight is 261 g/mol. The topological polar surface area (TPSA) is 21.3 Å². The van der Waals surface area contributed by atoms with Gasteiger partial charge in [0.05, 0.1) is 0 Å². The summed E-state index contributed by atoms with van der Waals surface area (Å²) < 4.78 is 6.30. The van der Waals surface area contributed by atoms with Gasteiger partial charge in [-0.2, -0.15) is 0 Å². The van der Waals surface area contributed by atoms with E-state index in [2.05, 4.69) is 50.4 Å². The van der Waals surface area contributed by atoms with Crippen LogP contribution in [0.4, 0.5) is 0 Å². The molecule has 19 heavy (non-hydrogen) atoms. The molecule has 0 amide bonds. The van der Waals surface area contributed by atoms with Crippen LogP contribution in [0.25, 0.3) is 0 Å². The minimum absolute atomic E-state index is 0.0175. The Hall–Kier alpha value is -1.02. The molecule has 2 rings (SSSR count). The van der Waals surface area contributed by atoms with Crippen LogP contribution < -0.4 is 10.1 Å². The van der Waals surface area contributed by atoms with Crippen molar-refractivity contribution in [3.63, 3.8) is 0 Å². The van der Waals surface area contributed by atoms with Crippen molar-refractivity contribution in [2.45, 2.75) is 64.5 Å². The second-order valence-corrected chi connectivity index (χ2v) is 5.86. The lowest BCUT2D eigenvalue weighted by Gasteiger charge is -2.40. The molecule has 0 aliphatic carbocycles. The van der Waals surface area contributed by atoms with Crippen molar-refractivity contribution in [3.8, 4) is 5.75 Å². The summed E-state index contributed by atoms with van der Waals surface area (Å²) in [6, 6.07) is 8.90. The molecule has 2 atom stereocenters. The largest absolute Gasteiger partial charge is 0.487 e. The SMILES string of the molecule is CCCCCC1(C)CC(NCC)c2ccccc2O1. The van der Waals surface area contributed by atoms with Crippen molar-refractivity contribution in [2.24, 2.45) is 0 Å². The summed E-state index contributed by atoms with van der Waals surface area (Å²) in [4.78, 5) is 0. The van der Waals surface area contributed by atoms with E-state index in [9.17, 15) is 0 Å². The molecule has 1 aliphatic heterocycles. The fourth-order valence-corrected chi connectivity index (χ4v) is 3.04. The predicted molar refractivity (Wildman–Crippen MR) is 80.7 cm³/mol. The number of para-hydroxylation sites is 1. The number of fused-ring (bicyclic) bond motifs is 1. The van der Waals surface area contributed by atoms with E-state index in [1.807, 2.05) is 0 Å². The molecule has 1 aliphatic rings. The molecule has 0 spiro atoms. The molecule has 1 heterocycles. The lowest BCUT2D eigenvalue weighted by molar-refractivity contribution is 0.0376. The van der Waals surface area contributed by atoms with Crippen LogP contribution in [0, 0.1) is 0 Å². The number of hydrogen-bond acceptors (Lipinski definition) is 2. The second-order valence-electron chi connectivity index (χ2n) is 5.86. The van der Waals surface area contributed by atoms with E-state index >= 15 is 0 Å². The molecular weight excluding hydrogens is 234 g/mol. The van der Waals surface area contributed by atoms with Crippen molar-refractivity contribution >= 4 is 0 Å². The lowest BCUT2D eigenvalue weighted by Crippen LogP contribution is -2.41. The van der Waals surface area contributed by atoms with Crippen LogP contribution in [0.2, 0.25) is 0 Å². The summed E-state index contributed by atoms with van der Waals surface area (Å²) in [6.45, 7) is 7.69. The zero-order valence-corrected chi connectivity index (χ0v) is 12.5. The minimum atomic E-state index is -0.0175. The fourth-order valence-electron chi connectivity index (χ4n) is 3.04. The Labute approximate surface area is 117 Å². The third-order valence-electron chi connectivity index (χ3n) is 4.05. The summed E-state index contributed by atoms with van der Waals surface area (Å²) in [5, 5.41) is 3.61. The molecule has 0 bridgehead atoms. The van der Waals surface area contributed by atoms with Gasteiger partial charge in [0, 0.05) is 18.0 Å². The smallest absolute Gasteiger partial charge is 0.124 e. The first-order valence-corrected chi connectivity index (χ1v) is 7.70. The maximum atomic E-state index is 6.30. The number of benzene rings is 1. The Morgan fingerprint density at radius 2 is 2.05 bits per heavy atom. The van der Waals surface area contributed by atoms with Crippen LogP contribution >= 0.6 is 0 Å². The number of hydrogen-bond donors (Lipinski definition) is 1. The molecule has 2 nitrogen and oxygen atoms in total. The van der Waals surface area contributed by atoms with Gasteiger partial charge in [0.15, 0.2) is 0 Å². The summed E-state index contributed by atoms with van der Waals surface area (Å²) in [5.74, 6) is 1.07. The van der Waals surface area contributed by atoms with Gasteiger partial charge in [-0.05, 0) is 32.4 Å². The van der Waals surface area contributed by atoms with Gasteiger partial charge in [0.2, 0.25) is 0 Å². The molecule has 2 heteroatoms. The number of nitrogens with one attached hydrogen (secondary N) is 1. The first-order chi connectivity index (χ1) is 9.18.